The maximum Gasteiger partial charge on any atom is 0.305 e. The van der Waals surface area contributed by atoms with Crippen LogP contribution in [0, 0.1) is 11.8 Å². The number of carbonyl (C=O) groups excluding carboxylic acids is 1. The molecule has 0 amide bonds. The lowest BCUT2D eigenvalue weighted by atomic mass is 9.85. The molecule has 3 atom stereocenters. The van der Waals surface area contributed by atoms with E-state index in [0.29, 0.717) is 18.9 Å². The molecule has 0 aliphatic carbocycles. The summed E-state index contributed by atoms with van der Waals surface area (Å²) in [5, 5.41) is 0. The average Bonchev–Trinajstić information content (AvgIpc) is 2.60. The Kier molecular flexibility index (Phi) is 4.35. The molecule has 0 aromatic rings. The Hall–Kier alpha value is -0.610. The highest BCUT2D eigenvalue weighted by atomic mass is 16.5. The summed E-state index contributed by atoms with van der Waals surface area (Å²) in [7, 11) is 1.41. The summed E-state index contributed by atoms with van der Waals surface area (Å²) in [6.07, 6.45) is 1.62. The summed E-state index contributed by atoms with van der Waals surface area (Å²) in [6.45, 7) is 3.34. The SMILES string of the molecule is COC(=O)CC(CN)C1CCOC1C. The van der Waals surface area contributed by atoms with Gasteiger partial charge in [-0.15, -0.1) is 0 Å². The Labute approximate surface area is 84.7 Å². The first-order valence-corrected chi connectivity index (χ1v) is 5.07. The number of hydrogen-bond acceptors (Lipinski definition) is 4. The van der Waals surface area contributed by atoms with Crippen molar-refractivity contribution in [3.05, 3.63) is 0 Å². The zero-order valence-electron chi connectivity index (χ0n) is 8.86. The van der Waals surface area contributed by atoms with Crippen LogP contribution in [0.3, 0.4) is 0 Å². The van der Waals surface area contributed by atoms with E-state index >= 15 is 0 Å². The zero-order chi connectivity index (χ0) is 10.6. The molecular weight excluding hydrogens is 182 g/mol. The second-order valence-corrected chi connectivity index (χ2v) is 3.80. The summed E-state index contributed by atoms with van der Waals surface area (Å²) in [4.78, 5) is 11.1. The van der Waals surface area contributed by atoms with Gasteiger partial charge in [-0.05, 0) is 31.7 Å². The highest BCUT2D eigenvalue weighted by molar-refractivity contribution is 5.69. The van der Waals surface area contributed by atoms with E-state index < -0.39 is 0 Å². The summed E-state index contributed by atoms with van der Waals surface area (Å²) in [5.41, 5.74) is 5.65. The summed E-state index contributed by atoms with van der Waals surface area (Å²) < 4.78 is 10.1. The quantitative estimate of drug-likeness (QED) is 0.675. The molecular formula is C10H19NO3. The molecule has 0 spiro atoms. The predicted octanol–water partition coefficient (Wildman–Crippen LogP) is 0.549. The fraction of sp³-hybridized carbons (Fsp3) is 0.900. The van der Waals surface area contributed by atoms with Gasteiger partial charge in [0.2, 0.25) is 0 Å². The number of hydrogen-bond donors (Lipinski definition) is 1. The predicted molar refractivity (Wildman–Crippen MR) is 52.7 cm³/mol. The van der Waals surface area contributed by atoms with Crippen LogP contribution in [0.4, 0.5) is 0 Å². The molecule has 1 saturated heterocycles. The van der Waals surface area contributed by atoms with Crippen molar-refractivity contribution in [3.63, 3.8) is 0 Å². The first kappa shape index (κ1) is 11.5. The van der Waals surface area contributed by atoms with Gasteiger partial charge in [0.15, 0.2) is 0 Å². The molecule has 0 saturated carbocycles. The van der Waals surface area contributed by atoms with Crippen molar-refractivity contribution < 1.29 is 14.3 Å². The Morgan fingerprint density at radius 3 is 2.86 bits per heavy atom. The number of nitrogens with two attached hydrogens (primary N) is 1. The topological polar surface area (TPSA) is 61.5 Å². The lowest BCUT2D eigenvalue weighted by Gasteiger charge is -2.23. The standard InChI is InChI=1S/C10H19NO3/c1-7-9(3-4-14-7)8(6-11)5-10(12)13-2/h7-9H,3-6,11H2,1-2H3. The van der Waals surface area contributed by atoms with Crippen LogP contribution < -0.4 is 5.73 Å². The minimum atomic E-state index is -0.181. The van der Waals surface area contributed by atoms with Crippen molar-refractivity contribution >= 4 is 5.97 Å². The number of ether oxygens (including phenoxy) is 2. The van der Waals surface area contributed by atoms with Gasteiger partial charge in [0, 0.05) is 13.0 Å². The van der Waals surface area contributed by atoms with E-state index in [9.17, 15) is 4.79 Å². The van der Waals surface area contributed by atoms with Crippen LogP contribution in [0.15, 0.2) is 0 Å². The minimum absolute atomic E-state index is 0.181. The van der Waals surface area contributed by atoms with Gasteiger partial charge in [-0.1, -0.05) is 0 Å². The molecule has 0 aromatic heterocycles. The third-order valence-corrected chi connectivity index (χ3v) is 3.00. The Balaban J connectivity index is 2.48. The first-order chi connectivity index (χ1) is 6.69. The minimum Gasteiger partial charge on any atom is -0.469 e. The largest absolute Gasteiger partial charge is 0.469 e. The molecule has 1 fully saturated rings. The third kappa shape index (κ3) is 2.69. The van der Waals surface area contributed by atoms with E-state index in [1.807, 2.05) is 6.92 Å². The number of carbonyl (C=O) groups is 1. The monoisotopic (exact) mass is 201 g/mol. The van der Waals surface area contributed by atoms with Gasteiger partial charge in [-0.2, -0.15) is 0 Å². The Morgan fingerprint density at radius 1 is 1.71 bits per heavy atom. The van der Waals surface area contributed by atoms with Crippen LogP contribution >= 0.6 is 0 Å². The van der Waals surface area contributed by atoms with Crippen LogP contribution in [-0.2, 0) is 14.3 Å². The van der Waals surface area contributed by atoms with Crippen LogP contribution in [0.5, 0.6) is 0 Å². The number of rotatable bonds is 4. The molecule has 1 aliphatic rings. The summed E-state index contributed by atoms with van der Waals surface area (Å²) >= 11 is 0. The number of esters is 1. The van der Waals surface area contributed by atoms with E-state index in [0.717, 1.165) is 13.0 Å². The van der Waals surface area contributed by atoms with Crippen LogP contribution in [0.25, 0.3) is 0 Å². The van der Waals surface area contributed by atoms with Crippen molar-refractivity contribution in [2.75, 3.05) is 20.3 Å². The Morgan fingerprint density at radius 2 is 2.43 bits per heavy atom. The normalized spacial score (nSPS) is 28.8. The lowest BCUT2D eigenvalue weighted by molar-refractivity contribution is -0.142. The smallest absolute Gasteiger partial charge is 0.305 e. The average molecular weight is 201 g/mol. The van der Waals surface area contributed by atoms with Gasteiger partial charge in [0.05, 0.1) is 13.2 Å². The second kappa shape index (κ2) is 5.32. The molecule has 0 radical (unpaired) electrons. The van der Waals surface area contributed by atoms with Crippen LogP contribution in [-0.4, -0.2) is 32.3 Å². The maximum absolute atomic E-state index is 11.1. The van der Waals surface area contributed by atoms with E-state index in [1.54, 1.807) is 0 Å². The number of methoxy groups -OCH3 is 1. The molecule has 3 unspecified atom stereocenters. The second-order valence-electron chi connectivity index (χ2n) is 3.80. The highest BCUT2D eigenvalue weighted by Gasteiger charge is 2.32. The lowest BCUT2D eigenvalue weighted by Crippen LogP contribution is -2.30. The summed E-state index contributed by atoms with van der Waals surface area (Å²) in [6, 6.07) is 0. The van der Waals surface area contributed by atoms with Crippen molar-refractivity contribution in [1.29, 1.82) is 0 Å². The molecule has 4 heteroatoms. The molecule has 82 valence electrons. The molecule has 0 bridgehead atoms. The fourth-order valence-corrected chi connectivity index (χ4v) is 2.07. The molecule has 2 N–H and O–H groups in total. The molecule has 1 aliphatic heterocycles. The van der Waals surface area contributed by atoms with Gasteiger partial charge in [-0.3, -0.25) is 4.79 Å². The van der Waals surface area contributed by atoms with Gasteiger partial charge in [0.1, 0.15) is 0 Å². The van der Waals surface area contributed by atoms with Crippen LogP contribution in [0.1, 0.15) is 19.8 Å². The summed E-state index contributed by atoms with van der Waals surface area (Å²) in [5.74, 6) is 0.415. The molecule has 1 heterocycles. The highest BCUT2D eigenvalue weighted by Crippen LogP contribution is 2.29. The fourth-order valence-electron chi connectivity index (χ4n) is 2.07. The Bertz CT molecular complexity index is 196. The van der Waals surface area contributed by atoms with E-state index in [1.165, 1.54) is 7.11 Å². The zero-order valence-corrected chi connectivity index (χ0v) is 8.86. The van der Waals surface area contributed by atoms with Crippen molar-refractivity contribution in [2.24, 2.45) is 17.6 Å². The van der Waals surface area contributed by atoms with Crippen molar-refractivity contribution in [2.45, 2.75) is 25.9 Å². The van der Waals surface area contributed by atoms with Crippen molar-refractivity contribution in [3.8, 4) is 0 Å². The van der Waals surface area contributed by atoms with E-state index in [2.05, 4.69) is 4.74 Å². The van der Waals surface area contributed by atoms with E-state index in [-0.39, 0.29) is 18.0 Å². The van der Waals surface area contributed by atoms with Gasteiger partial charge < -0.3 is 15.2 Å². The molecule has 4 nitrogen and oxygen atoms in total. The molecule has 1 rings (SSSR count). The first-order valence-electron chi connectivity index (χ1n) is 5.07. The van der Waals surface area contributed by atoms with Gasteiger partial charge >= 0.3 is 5.97 Å². The van der Waals surface area contributed by atoms with E-state index in [4.69, 9.17) is 10.5 Å². The maximum atomic E-state index is 11.1. The van der Waals surface area contributed by atoms with Crippen molar-refractivity contribution in [1.82, 2.24) is 0 Å². The third-order valence-electron chi connectivity index (χ3n) is 3.00. The van der Waals surface area contributed by atoms with Gasteiger partial charge in [0.25, 0.3) is 0 Å². The van der Waals surface area contributed by atoms with Crippen LogP contribution in [0.2, 0.25) is 0 Å². The van der Waals surface area contributed by atoms with Gasteiger partial charge in [-0.25, -0.2) is 0 Å². The molecule has 14 heavy (non-hydrogen) atoms. The molecule has 0 aromatic carbocycles.